The van der Waals surface area contributed by atoms with Crippen LogP contribution < -0.4 is 10.6 Å². The van der Waals surface area contributed by atoms with Crippen LogP contribution in [0.2, 0.25) is 0 Å². The maximum atomic E-state index is 13.3. The van der Waals surface area contributed by atoms with E-state index in [9.17, 15) is 4.79 Å². The third-order valence-electron chi connectivity index (χ3n) is 5.39. The molecule has 28 heavy (non-hydrogen) atoms. The van der Waals surface area contributed by atoms with E-state index >= 15 is 0 Å². The molecule has 0 unspecified atom stereocenters. The van der Waals surface area contributed by atoms with Crippen LogP contribution in [0, 0.1) is 13.8 Å². The first-order chi connectivity index (χ1) is 13.6. The van der Waals surface area contributed by atoms with Gasteiger partial charge >= 0.3 is 0 Å². The number of anilines is 1. The van der Waals surface area contributed by atoms with Gasteiger partial charge in [0, 0.05) is 23.7 Å². The van der Waals surface area contributed by atoms with Gasteiger partial charge in [-0.15, -0.1) is 11.3 Å². The topological polar surface area (TPSA) is 71.8 Å². The molecule has 4 rings (SSSR count). The number of piperidine rings is 1. The van der Waals surface area contributed by atoms with Crippen LogP contribution >= 0.6 is 11.3 Å². The summed E-state index contributed by atoms with van der Waals surface area (Å²) in [5.41, 5.74) is 2.82. The summed E-state index contributed by atoms with van der Waals surface area (Å²) in [6.45, 7) is 5.68. The predicted molar refractivity (Wildman–Crippen MR) is 112 cm³/mol. The van der Waals surface area contributed by atoms with Gasteiger partial charge in [-0.2, -0.15) is 5.10 Å². The summed E-state index contributed by atoms with van der Waals surface area (Å²) < 4.78 is 1.80. The van der Waals surface area contributed by atoms with Crippen molar-refractivity contribution in [2.45, 2.75) is 38.6 Å². The van der Waals surface area contributed by atoms with E-state index in [1.165, 1.54) is 16.0 Å². The third kappa shape index (κ3) is 3.72. The van der Waals surface area contributed by atoms with Gasteiger partial charge in [-0.25, -0.2) is 4.98 Å². The van der Waals surface area contributed by atoms with E-state index in [2.05, 4.69) is 51.9 Å². The van der Waals surface area contributed by atoms with Gasteiger partial charge < -0.3 is 5.32 Å². The molecule has 1 aliphatic rings. The summed E-state index contributed by atoms with van der Waals surface area (Å²) in [7, 11) is 0. The Morgan fingerprint density at radius 3 is 2.68 bits per heavy atom. The average Bonchev–Trinajstić information content (AvgIpc) is 3.35. The zero-order valence-electron chi connectivity index (χ0n) is 16.2. The van der Waals surface area contributed by atoms with Crippen LogP contribution in [0.25, 0.3) is 0 Å². The zero-order chi connectivity index (χ0) is 19.6. The number of carbonyl (C=O) groups is 1. The molecule has 1 saturated heterocycles. The number of hydrogen-bond donors (Lipinski definition) is 2. The van der Waals surface area contributed by atoms with E-state index in [-0.39, 0.29) is 5.91 Å². The normalized spacial score (nSPS) is 16.1. The van der Waals surface area contributed by atoms with E-state index in [1.54, 1.807) is 22.2 Å². The molecule has 3 heterocycles. The lowest BCUT2D eigenvalue weighted by Crippen LogP contribution is -2.52. The van der Waals surface area contributed by atoms with Crippen LogP contribution in [0.15, 0.2) is 42.7 Å². The summed E-state index contributed by atoms with van der Waals surface area (Å²) in [6, 6.07) is 10.4. The number of benzene rings is 1. The molecule has 0 spiro atoms. The number of hydrogen-bond acceptors (Lipinski definition) is 5. The quantitative estimate of drug-likeness (QED) is 0.696. The highest BCUT2D eigenvalue weighted by atomic mass is 32.1. The number of aryl methyl sites for hydroxylation is 2. The fourth-order valence-corrected chi connectivity index (χ4v) is 4.66. The Bertz CT molecular complexity index is 940. The highest BCUT2D eigenvalue weighted by Gasteiger charge is 2.42. The number of nitrogens with zero attached hydrogens (tertiary/aromatic N) is 3. The number of thiazole rings is 1. The van der Waals surface area contributed by atoms with E-state index in [0.717, 1.165) is 25.2 Å². The summed E-state index contributed by atoms with van der Waals surface area (Å²) in [5, 5.41) is 11.4. The molecule has 0 radical (unpaired) electrons. The van der Waals surface area contributed by atoms with Crippen LogP contribution in [0.4, 0.5) is 5.13 Å². The van der Waals surface area contributed by atoms with Crippen LogP contribution in [-0.4, -0.2) is 33.8 Å². The molecule has 0 saturated carbocycles. The fraction of sp³-hybridized carbons (Fsp3) is 0.381. The molecule has 0 bridgehead atoms. The number of carbonyl (C=O) groups excluding carboxylic acids is 1. The Morgan fingerprint density at radius 2 is 2.00 bits per heavy atom. The maximum absolute atomic E-state index is 13.3. The average molecular weight is 396 g/mol. The Labute approximate surface area is 169 Å². The van der Waals surface area contributed by atoms with Crippen LogP contribution in [-0.2, 0) is 16.8 Å². The molecule has 2 aromatic heterocycles. The third-order valence-corrected chi connectivity index (χ3v) is 6.47. The zero-order valence-corrected chi connectivity index (χ0v) is 17.1. The molecular formula is C21H25N5OS. The standard InChI is InChI=1S/C21H25N5OS/c1-15-4-6-17(7-5-15)14-18-16(2)24-20(28-18)25-19(27)21(8-11-22-12-9-21)26-13-3-10-23-26/h3-7,10,13,22H,8-9,11-12,14H2,1-2H3,(H,24,25,27). The molecule has 0 aliphatic carbocycles. The molecule has 1 aromatic carbocycles. The smallest absolute Gasteiger partial charge is 0.254 e. The molecule has 3 aromatic rings. The van der Waals surface area contributed by atoms with Crippen molar-refractivity contribution in [2.24, 2.45) is 0 Å². The maximum Gasteiger partial charge on any atom is 0.254 e. The first-order valence-electron chi connectivity index (χ1n) is 9.61. The first kappa shape index (κ1) is 18.8. The van der Waals surface area contributed by atoms with Crippen molar-refractivity contribution in [3.63, 3.8) is 0 Å². The van der Waals surface area contributed by atoms with E-state index in [0.29, 0.717) is 18.0 Å². The van der Waals surface area contributed by atoms with Gasteiger partial charge in [0.15, 0.2) is 5.13 Å². The molecule has 0 atom stereocenters. The Balaban J connectivity index is 1.53. The van der Waals surface area contributed by atoms with Crippen molar-refractivity contribution in [1.82, 2.24) is 20.1 Å². The second-order valence-electron chi connectivity index (χ2n) is 7.38. The molecule has 2 N–H and O–H groups in total. The minimum absolute atomic E-state index is 0.0339. The van der Waals surface area contributed by atoms with Gasteiger partial charge in [0.2, 0.25) is 0 Å². The Kier molecular flexibility index (Phi) is 5.28. The second kappa shape index (κ2) is 7.85. The molecular weight excluding hydrogens is 370 g/mol. The molecule has 1 fully saturated rings. The monoisotopic (exact) mass is 395 g/mol. The van der Waals surface area contributed by atoms with Crippen molar-refractivity contribution in [2.75, 3.05) is 18.4 Å². The fourth-order valence-electron chi connectivity index (χ4n) is 3.67. The molecule has 146 valence electrons. The lowest BCUT2D eigenvalue weighted by Gasteiger charge is -2.36. The highest BCUT2D eigenvalue weighted by Crippen LogP contribution is 2.31. The summed E-state index contributed by atoms with van der Waals surface area (Å²) in [6.07, 6.45) is 5.85. The second-order valence-corrected chi connectivity index (χ2v) is 8.46. The van der Waals surface area contributed by atoms with Gasteiger partial charge in [-0.1, -0.05) is 29.8 Å². The number of aromatic nitrogens is 3. The van der Waals surface area contributed by atoms with Crippen LogP contribution in [0.3, 0.4) is 0 Å². The van der Waals surface area contributed by atoms with Crippen LogP contribution in [0.5, 0.6) is 0 Å². The lowest BCUT2D eigenvalue weighted by atomic mass is 9.87. The minimum atomic E-state index is -0.661. The first-order valence-corrected chi connectivity index (χ1v) is 10.4. The summed E-state index contributed by atoms with van der Waals surface area (Å²) in [5.74, 6) is -0.0339. The summed E-state index contributed by atoms with van der Waals surface area (Å²) >= 11 is 1.56. The van der Waals surface area contributed by atoms with Crippen molar-refractivity contribution in [3.05, 3.63) is 64.4 Å². The Hall–Kier alpha value is -2.51. The molecule has 1 aliphatic heterocycles. The largest absolute Gasteiger partial charge is 0.317 e. The van der Waals surface area contributed by atoms with Gasteiger partial charge in [-0.05, 0) is 51.4 Å². The van der Waals surface area contributed by atoms with E-state index in [4.69, 9.17) is 0 Å². The predicted octanol–water partition coefficient (Wildman–Crippen LogP) is 3.26. The summed E-state index contributed by atoms with van der Waals surface area (Å²) in [4.78, 5) is 19.1. The SMILES string of the molecule is Cc1ccc(Cc2sc(NC(=O)C3(n4cccn4)CCNCC3)nc2C)cc1. The van der Waals surface area contributed by atoms with E-state index in [1.807, 2.05) is 19.2 Å². The van der Waals surface area contributed by atoms with E-state index < -0.39 is 5.54 Å². The van der Waals surface area contributed by atoms with Crippen molar-refractivity contribution in [1.29, 1.82) is 0 Å². The minimum Gasteiger partial charge on any atom is -0.317 e. The van der Waals surface area contributed by atoms with Gasteiger partial charge in [0.1, 0.15) is 5.54 Å². The van der Waals surface area contributed by atoms with Crippen molar-refractivity contribution < 1.29 is 4.79 Å². The van der Waals surface area contributed by atoms with Crippen LogP contribution in [0.1, 0.15) is 34.5 Å². The molecule has 7 heteroatoms. The number of nitrogens with one attached hydrogen (secondary N) is 2. The molecule has 1 amide bonds. The lowest BCUT2D eigenvalue weighted by molar-refractivity contribution is -0.126. The highest BCUT2D eigenvalue weighted by molar-refractivity contribution is 7.15. The van der Waals surface area contributed by atoms with Gasteiger partial charge in [0.25, 0.3) is 5.91 Å². The van der Waals surface area contributed by atoms with Gasteiger partial charge in [0.05, 0.1) is 5.69 Å². The molecule has 6 nitrogen and oxygen atoms in total. The number of amides is 1. The van der Waals surface area contributed by atoms with Crippen molar-refractivity contribution in [3.8, 4) is 0 Å². The Morgan fingerprint density at radius 1 is 1.25 bits per heavy atom. The van der Waals surface area contributed by atoms with Gasteiger partial charge in [-0.3, -0.25) is 14.8 Å². The van der Waals surface area contributed by atoms with Crippen molar-refractivity contribution >= 4 is 22.4 Å². The number of rotatable bonds is 5.